The van der Waals surface area contributed by atoms with Gasteiger partial charge in [0.1, 0.15) is 0 Å². The van der Waals surface area contributed by atoms with Gasteiger partial charge in [-0.1, -0.05) is 261 Å². The van der Waals surface area contributed by atoms with Crippen LogP contribution in [0.25, 0.3) is 178 Å². The third-order valence-electron chi connectivity index (χ3n) is 18.6. The lowest BCUT2D eigenvalue weighted by Crippen LogP contribution is -2.10. The van der Waals surface area contributed by atoms with Gasteiger partial charge in [0.25, 0.3) is 0 Å². The first-order chi connectivity index (χ1) is 46.6. The summed E-state index contributed by atoms with van der Waals surface area (Å²) in [7, 11) is 0. The Bertz CT molecular complexity index is 5360. The topological polar surface area (TPSA) is 97.1 Å². The molecule has 10 nitrogen and oxygen atoms in total. The first kappa shape index (κ1) is 53.0. The van der Waals surface area contributed by atoms with E-state index >= 15 is 0 Å². The number of para-hydroxylation sites is 8. The lowest BCUT2D eigenvalue weighted by atomic mass is 9.95. The van der Waals surface area contributed by atoms with Crippen molar-refractivity contribution in [2.45, 2.75) is 0 Å². The minimum Gasteiger partial charge on any atom is -0.278 e. The third kappa shape index (κ3) is 8.58. The van der Waals surface area contributed by atoms with E-state index in [9.17, 15) is 0 Å². The van der Waals surface area contributed by atoms with Crippen molar-refractivity contribution in [1.29, 1.82) is 0 Å². The van der Waals surface area contributed by atoms with Crippen LogP contribution in [-0.4, -0.2) is 48.2 Å². The molecular formula is C84H52N10. The second-order valence-corrected chi connectivity index (χ2v) is 23.9. The highest BCUT2D eigenvalue weighted by molar-refractivity contribution is 6.12. The zero-order valence-corrected chi connectivity index (χ0v) is 50.5. The van der Waals surface area contributed by atoms with Gasteiger partial charge in [-0.25, -0.2) is 0 Å². The molecule has 0 saturated heterocycles. The highest BCUT2D eigenvalue weighted by atomic mass is 15.3. The quantitative estimate of drug-likeness (QED) is 0.135. The van der Waals surface area contributed by atoms with Gasteiger partial charge in [0.05, 0.1) is 44.1 Å². The van der Waals surface area contributed by atoms with Crippen molar-refractivity contribution in [3.63, 3.8) is 0 Å². The van der Waals surface area contributed by atoms with E-state index < -0.39 is 0 Å². The summed E-state index contributed by atoms with van der Waals surface area (Å²) in [5.41, 5.74) is 19.0. The van der Waals surface area contributed by atoms with E-state index in [4.69, 9.17) is 29.9 Å². The highest BCUT2D eigenvalue weighted by Crippen LogP contribution is 2.39. The molecule has 19 rings (SSSR count). The van der Waals surface area contributed by atoms with Crippen LogP contribution in [0.1, 0.15) is 0 Å². The second-order valence-electron chi connectivity index (χ2n) is 23.9. The van der Waals surface area contributed by atoms with Crippen molar-refractivity contribution in [3.05, 3.63) is 315 Å². The largest absolute Gasteiger partial charge is 0.278 e. The van der Waals surface area contributed by atoms with Crippen molar-refractivity contribution in [3.8, 4) is 91.1 Å². The summed E-state index contributed by atoms with van der Waals surface area (Å²) in [5.74, 6) is 3.39. The Morgan fingerprint density at radius 3 is 0.543 bits per heavy atom. The van der Waals surface area contributed by atoms with Gasteiger partial charge in [0.15, 0.2) is 11.6 Å². The summed E-state index contributed by atoms with van der Waals surface area (Å²) in [6.07, 6.45) is 0. The zero-order valence-electron chi connectivity index (χ0n) is 50.5. The highest BCUT2D eigenvalue weighted by Gasteiger charge is 2.23. The Morgan fingerprint density at radius 2 is 0.330 bits per heavy atom. The van der Waals surface area contributed by atoms with E-state index in [1.807, 2.05) is 0 Å². The normalized spacial score (nSPS) is 11.8. The number of aromatic nitrogens is 10. The Balaban J connectivity index is 0.609. The molecule has 0 radical (unpaired) electrons. The van der Waals surface area contributed by atoms with E-state index in [1.54, 1.807) is 0 Å². The van der Waals surface area contributed by atoms with Gasteiger partial charge in [-0.15, -0.1) is 0 Å². The molecule has 0 amide bonds. The number of hydrogen-bond acceptors (Lipinski definition) is 6. The number of fused-ring (bicyclic) bond motifs is 12. The second kappa shape index (κ2) is 21.4. The molecule has 0 aliphatic heterocycles. The molecule has 0 aliphatic rings. The average Bonchev–Trinajstić information content (AvgIpc) is 1.64. The molecule has 438 valence electrons. The predicted octanol–water partition coefficient (Wildman–Crippen LogP) is 20.4. The van der Waals surface area contributed by atoms with Gasteiger partial charge < -0.3 is 0 Å². The van der Waals surface area contributed by atoms with E-state index in [0.717, 1.165) is 143 Å². The van der Waals surface area contributed by atoms with Crippen LogP contribution in [0.15, 0.2) is 315 Å². The van der Waals surface area contributed by atoms with Crippen LogP contribution >= 0.6 is 0 Å². The van der Waals surface area contributed by atoms with E-state index in [2.05, 4.69) is 334 Å². The molecule has 0 atom stereocenters. The Morgan fingerprint density at radius 1 is 0.149 bits per heavy atom. The van der Waals surface area contributed by atoms with E-state index in [-0.39, 0.29) is 0 Å². The first-order valence-corrected chi connectivity index (χ1v) is 31.6. The van der Waals surface area contributed by atoms with E-state index in [1.165, 1.54) is 0 Å². The Labute approximate surface area is 538 Å². The summed E-state index contributed by atoms with van der Waals surface area (Å²) in [5, 5.41) is 9.14. The fourth-order valence-corrected chi connectivity index (χ4v) is 14.1. The summed E-state index contributed by atoms with van der Waals surface area (Å²) >= 11 is 0. The molecule has 0 aliphatic carbocycles. The molecule has 0 bridgehead atoms. The number of benzene rings is 13. The minimum absolute atomic E-state index is 0.554. The third-order valence-corrected chi connectivity index (χ3v) is 18.6. The average molecular weight is 1200 g/mol. The van der Waals surface area contributed by atoms with Crippen molar-refractivity contribution in [1.82, 2.24) is 48.2 Å². The maximum Gasteiger partial charge on any atom is 0.240 e. The Kier molecular flexibility index (Phi) is 12.0. The maximum atomic E-state index is 5.32. The van der Waals surface area contributed by atoms with Crippen molar-refractivity contribution in [2.75, 3.05) is 0 Å². The molecule has 0 unspecified atom stereocenters. The maximum absolute atomic E-state index is 5.32. The fraction of sp³-hybridized carbons (Fsp3) is 0. The van der Waals surface area contributed by atoms with E-state index in [0.29, 0.717) is 35.4 Å². The summed E-state index contributed by atoms with van der Waals surface area (Å²) < 4.78 is 8.67. The smallest absolute Gasteiger partial charge is 0.240 e. The summed E-state index contributed by atoms with van der Waals surface area (Å²) in [6.45, 7) is 0. The molecule has 0 spiro atoms. The molecule has 94 heavy (non-hydrogen) atoms. The van der Waals surface area contributed by atoms with Gasteiger partial charge in [-0.2, -0.15) is 29.9 Å². The standard InChI is InChI=1S/C84H52N10/c1-9-28-71-63(20-1)64-21-2-10-29-72(64)91(71)81-85-79(86-82(89-81)92-73-30-11-3-22-65(73)66-23-4-12-31-74(66)92)59-48-44-55(45-49-59)53-36-40-57(41-37-53)61-18-17-19-62(52-61)58-42-38-54(39-43-58)56-46-50-60(51-47-56)80-87-83(93-75-32-13-5-24-67(75)68-25-6-14-33-76(68)93)90-84(88-80)94-77-34-15-7-26-69(77)70-27-8-16-35-78(70)94/h1-52H. The predicted molar refractivity (Wildman–Crippen MR) is 383 cm³/mol. The first-order valence-electron chi connectivity index (χ1n) is 31.6. The van der Waals surface area contributed by atoms with Crippen LogP contribution in [-0.2, 0) is 0 Å². The van der Waals surface area contributed by atoms with Crippen LogP contribution in [0.3, 0.4) is 0 Å². The lowest BCUT2D eigenvalue weighted by Gasteiger charge is -2.13. The van der Waals surface area contributed by atoms with Gasteiger partial charge in [0.2, 0.25) is 23.8 Å². The van der Waals surface area contributed by atoms with Crippen molar-refractivity contribution in [2.24, 2.45) is 0 Å². The summed E-state index contributed by atoms with van der Waals surface area (Å²) in [4.78, 5) is 31.8. The van der Waals surface area contributed by atoms with Crippen LogP contribution in [0.4, 0.5) is 0 Å². The van der Waals surface area contributed by atoms with Crippen LogP contribution < -0.4 is 0 Å². The molecule has 13 aromatic carbocycles. The molecule has 0 saturated carbocycles. The summed E-state index contributed by atoms with van der Waals surface area (Å²) in [6, 6.07) is 111. The molecule has 6 heterocycles. The van der Waals surface area contributed by atoms with Crippen molar-refractivity contribution >= 4 is 87.2 Å². The zero-order chi connectivity index (χ0) is 61.8. The molecule has 6 aromatic heterocycles. The lowest BCUT2D eigenvalue weighted by molar-refractivity contribution is 0.892. The van der Waals surface area contributed by atoms with Crippen LogP contribution in [0, 0.1) is 0 Å². The van der Waals surface area contributed by atoms with Crippen LogP contribution in [0.5, 0.6) is 0 Å². The number of hydrogen-bond donors (Lipinski definition) is 0. The van der Waals surface area contributed by atoms with Gasteiger partial charge in [-0.3, -0.25) is 18.3 Å². The number of rotatable bonds is 10. The van der Waals surface area contributed by atoms with Crippen LogP contribution in [0.2, 0.25) is 0 Å². The molecule has 10 heteroatoms. The molecular weight excluding hydrogens is 1150 g/mol. The minimum atomic E-state index is 0.554. The van der Waals surface area contributed by atoms with Crippen molar-refractivity contribution < 1.29 is 0 Å². The monoisotopic (exact) mass is 1200 g/mol. The number of nitrogens with zero attached hydrogens (tertiary/aromatic N) is 10. The van der Waals surface area contributed by atoms with Gasteiger partial charge in [0, 0.05) is 54.2 Å². The Hall–Kier alpha value is -12.9. The molecule has 0 N–H and O–H groups in total. The SMILES string of the molecule is c1cc(-c2ccc(-c3ccc(-c4nc(-n5c6ccccc6c6ccccc65)nc(-n5c6ccccc6c6ccccc65)n4)cc3)cc2)cc(-c2ccc(-c3ccc(-c4nc(-n5c6ccccc6c6ccccc65)nc(-n5c6ccccc6c6ccccc65)n4)cc3)cc2)c1. The molecule has 19 aromatic rings. The molecule has 0 fully saturated rings. The van der Waals surface area contributed by atoms with Gasteiger partial charge >= 0.3 is 0 Å². The fourth-order valence-electron chi connectivity index (χ4n) is 14.1. The van der Waals surface area contributed by atoms with Gasteiger partial charge in [-0.05, 0) is 99.1 Å².